The number of hydrogen-bond acceptors (Lipinski definition) is 5. The van der Waals surface area contributed by atoms with Gasteiger partial charge in [-0.1, -0.05) is 13.3 Å². The van der Waals surface area contributed by atoms with Gasteiger partial charge in [0.15, 0.2) is 0 Å². The van der Waals surface area contributed by atoms with Crippen LogP contribution in [0.5, 0.6) is 0 Å². The predicted octanol–water partition coefficient (Wildman–Crippen LogP) is 2.42. The fourth-order valence-corrected chi connectivity index (χ4v) is 1.62. The third-order valence-electron chi connectivity index (χ3n) is 2.75. The molecule has 0 aliphatic rings. The zero-order valence-electron chi connectivity index (χ0n) is 11.9. The summed E-state index contributed by atoms with van der Waals surface area (Å²) in [6.07, 6.45) is 2.07. The van der Waals surface area contributed by atoms with Crippen molar-refractivity contribution in [3.8, 4) is 0 Å². The maximum atomic E-state index is 13.7. The first-order valence-electron chi connectivity index (χ1n) is 6.59. The monoisotopic (exact) mass is 284 g/mol. The molecule has 5 nitrogen and oxygen atoms in total. The summed E-state index contributed by atoms with van der Waals surface area (Å²) < 4.78 is 23.6. The Morgan fingerprint density at radius 2 is 2.15 bits per heavy atom. The van der Waals surface area contributed by atoms with Gasteiger partial charge in [0.2, 0.25) is 0 Å². The number of ether oxygens (including phenoxy) is 2. The molecule has 0 heterocycles. The van der Waals surface area contributed by atoms with Crippen LogP contribution in [0.2, 0.25) is 0 Å². The van der Waals surface area contributed by atoms with Crippen molar-refractivity contribution in [2.75, 3.05) is 37.9 Å². The zero-order valence-corrected chi connectivity index (χ0v) is 11.9. The molecule has 0 aromatic heterocycles. The van der Waals surface area contributed by atoms with Gasteiger partial charge in [0.1, 0.15) is 5.82 Å². The van der Waals surface area contributed by atoms with Crippen LogP contribution in [0.1, 0.15) is 30.1 Å². The largest absolute Gasteiger partial charge is 0.465 e. The van der Waals surface area contributed by atoms with Crippen LogP contribution in [-0.4, -0.2) is 32.8 Å². The number of nitrogens with one attached hydrogen (secondary N) is 1. The van der Waals surface area contributed by atoms with Crippen LogP contribution in [0, 0.1) is 5.82 Å². The van der Waals surface area contributed by atoms with Crippen molar-refractivity contribution in [1.29, 1.82) is 0 Å². The van der Waals surface area contributed by atoms with E-state index in [1.807, 2.05) is 0 Å². The summed E-state index contributed by atoms with van der Waals surface area (Å²) in [4.78, 5) is 11.5. The summed E-state index contributed by atoms with van der Waals surface area (Å²) in [5, 5.41) is 2.87. The second-order valence-electron chi connectivity index (χ2n) is 4.30. The molecule has 0 radical (unpaired) electrons. The number of nitrogen functional groups attached to an aromatic ring is 1. The first-order valence-corrected chi connectivity index (χ1v) is 6.59. The Morgan fingerprint density at radius 1 is 1.40 bits per heavy atom. The van der Waals surface area contributed by atoms with E-state index in [-0.39, 0.29) is 16.9 Å². The number of anilines is 2. The van der Waals surface area contributed by atoms with Crippen molar-refractivity contribution in [3.05, 3.63) is 23.5 Å². The number of esters is 1. The molecule has 0 bridgehead atoms. The first-order chi connectivity index (χ1) is 9.60. The number of unbranched alkanes of at least 4 members (excludes halogenated alkanes) is 1. The van der Waals surface area contributed by atoms with Gasteiger partial charge in [0.05, 0.1) is 25.0 Å². The number of nitrogens with two attached hydrogens (primary N) is 1. The quantitative estimate of drug-likeness (QED) is 0.436. The molecule has 3 N–H and O–H groups in total. The fraction of sp³-hybridized carbons (Fsp3) is 0.500. The number of benzene rings is 1. The lowest BCUT2D eigenvalue weighted by atomic mass is 10.1. The molecule has 112 valence electrons. The van der Waals surface area contributed by atoms with Crippen LogP contribution in [0.15, 0.2) is 12.1 Å². The smallest absolute Gasteiger partial charge is 0.340 e. The second-order valence-corrected chi connectivity index (χ2v) is 4.30. The molecule has 0 fully saturated rings. The van der Waals surface area contributed by atoms with Crippen LogP contribution in [0.3, 0.4) is 0 Å². The van der Waals surface area contributed by atoms with Crippen LogP contribution in [0.25, 0.3) is 0 Å². The Kier molecular flexibility index (Phi) is 6.79. The number of carbonyl (C=O) groups excluding carboxylic acids is 1. The minimum absolute atomic E-state index is 0.0547. The Morgan fingerprint density at radius 3 is 2.80 bits per heavy atom. The average Bonchev–Trinajstić information content (AvgIpc) is 2.43. The first kappa shape index (κ1) is 16.2. The molecule has 1 rings (SSSR count). The van der Waals surface area contributed by atoms with E-state index in [1.54, 1.807) is 0 Å². The topological polar surface area (TPSA) is 73.6 Å². The summed E-state index contributed by atoms with van der Waals surface area (Å²) in [5.74, 6) is -1.10. The number of hydrogen-bond donors (Lipinski definition) is 2. The van der Waals surface area contributed by atoms with Gasteiger partial charge in [0, 0.05) is 18.8 Å². The molecule has 0 aliphatic heterocycles. The van der Waals surface area contributed by atoms with Crippen LogP contribution in [0.4, 0.5) is 15.8 Å². The van der Waals surface area contributed by atoms with Crippen molar-refractivity contribution in [3.63, 3.8) is 0 Å². The number of rotatable bonds is 8. The van der Waals surface area contributed by atoms with Crippen molar-refractivity contribution < 1.29 is 18.7 Å². The van der Waals surface area contributed by atoms with Gasteiger partial charge < -0.3 is 20.5 Å². The molecule has 6 heteroatoms. The van der Waals surface area contributed by atoms with E-state index in [2.05, 4.69) is 17.0 Å². The third kappa shape index (κ3) is 4.70. The van der Waals surface area contributed by atoms with Gasteiger partial charge in [-0.3, -0.25) is 0 Å². The van der Waals surface area contributed by atoms with Gasteiger partial charge in [-0.05, 0) is 18.6 Å². The third-order valence-corrected chi connectivity index (χ3v) is 2.75. The minimum Gasteiger partial charge on any atom is -0.465 e. The van der Waals surface area contributed by atoms with Gasteiger partial charge in [-0.25, -0.2) is 9.18 Å². The van der Waals surface area contributed by atoms with E-state index in [0.29, 0.717) is 19.8 Å². The highest BCUT2D eigenvalue weighted by molar-refractivity contribution is 5.96. The Hall–Kier alpha value is -1.82. The molecule has 0 unspecified atom stereocenters. The summed E-state index contributed by atoms with van der Waals surface area (Å²) in [6.45, 7) is 3.69. The van der Waals surface area contributed by atoms with Crippen LogP contribution >= 0.6 is 0 Å². The maximum absolute atomic E-state index is 13.7. The highest BCUT2D eigenvalue weighted by Gasteiger charge is 2.14. The molecular weight excluding hydrogens is 263 g/mol. The average molecular weight is 284 g/mol. The molecule has 0 saturated heterocycles. The standard InChI is InChI=1S/C14H21FN2O3/c1-3-4-6-20-7-5-17-13-8-10(14(18)19-2)12(16)9-11(13)15/h8-9,17H,3-7,16H2,1-2H3. The summed E-state index contributed by atoms with van der Waals surface area (Å²) >= 11 is 0. The second kappa shape index (κ2) is 8.37. The van der Waals surface area contributed by atoms with Gasteiger partial charge in [0.25, 0.3) is 0 Å². The SMILES string of the molecule is CCCCOCCNc1cc(C(=O)OC)c(N)cc1F. The van der Waals surface area contributed by atoms with Crippen molar-refractivity contribution in [2.24, 2.45) is 0 Å². The van der Waals surface area contributed by atoms with E-state index in [0.717, 1.165) is 18.9 Å². The molecular formula is C14H21FN2O3. The number of halogens is 1. The van der Waals surface area contributed by atoms with Gasteiger partial charge >= 0.3 is 5.97 Å². The lowest BCUT2D eigenvalue weighted by Gasteiger charge is -2.11. The van der Waals surface area contributed by atoms with Gasteiger partial charge in [-0.15, -0.1) is 0 Å². The van der Waals surface area contributed by atoms with E-state index < -0.39 is 11.8 Å². The van der Waals surface area contributed by atoms with Crippen molar-refractivity contribution in [2.45, 2.75) is 19.8 Å². The zero-order chi connectivity index (χ0) is 15.0. The Balaban J connectivity index is 2.59. The minimum atomic E-state index is -0.593. The Labute approximate surface area is 118 Å². The predicted molar refractivity (Wildman–Crippen MR) is 76.4 cm³/mol. The maximum Gasteiger partial charge on any atom is 0.340 e. The molecule has 0 spiro atoms. The lowest BCUT2D eigenvalue weighted by molar-refractivity contribution is 0.0602. The van der Waals surface area contributed by atoms with Gasteiger partial charge in [-0.2, -0.15) is 0 Å². The summed E-state index contributed by atoms with van der Waals surface area (Å²) in [7, 11) is 1.25. The molecule has 20 heavy (non-hydrogen) atoms. The molecule has 0 atom stereocenters. The summed E-state index contributed by atoms with van der Waals surface area (Å²) in [5.41, 5.74) is 5.99. The van der Waals surface area contributed by atoms with E-state index in [4.69, 9.17) is 10.5 Å². The lowest BCUT2D eigenvalue weighted by Crippen LogP contribution is -2.13. The van der Waals surface area contributed by atoms with Crippen molar-refractivity contribution >= 4 is 17.3 Å². The highest BCUT2D eigenvalue weighted by Crippen LogP contribution is 2.22. The van der Waals surface area contributed by atoms with Crippen LogP contribution < -0.4 is 11.1 Å². The van der Waals surface area contributed by atoms with Crippen LogP contribution in [-0.2, 0) is 9.47 Å². The molecule has 1 aromatic carbocycles. The number of methoxy groups -OCH3 is 1. The molecule has 0 aliphatic carbocycles. The molecule has 0 amide bonds. The molecule has 0 saturated carbocycles. The summed E-state index contributed by atoms with van der Waals surface area (Å²) in [6, 6.07) is 2.45. The van der Waals surface area contributed by atoms with E-state index in [1.165, 1.54) is 13.2 Å². The van der Waals surface area contributed by atoms with Crippen molar-refractivity contribution in [1.82, 2.24) is 0 Å². The Bertz CT molecular complexity index is 452. The fourth-order valence-electron chi connectivity index (χ4n) is 1.62. The highest BCUT2D eigenvalue weighted by atomic mass is 19.1. The number of carbonyl (C=O) groups is 1. The normalized spacial score (nSPS) is 10.3. The molecule has 1 aromatic rings. The van der Waals surface area contributed by atoms with E-state index >= 15 is 0 Å². The van der Waals surface area contributed by atoms with E-state index in [9.17, 15) is 9.18 Å².